The molecule has 1 aromatic carbocycles. The summed E-state index contributed by atoms with van der Waals surface area (Å²) >= 11 is 9.04. The number of amides is 1. The quantitative estimate of drug-likeness (QED) is 0.623. The number of halogens is 5. The van der Waals surface area contributed by atoms with E-state index >= 15 is 0 Å². The number of anilines is 1. The van der Waals surface area contributed by atoms with E-state index in [1.165, 1.54) is 18.3 Å². The molecule has 0 fully saturated rings. The van der Waals surface area contributed by atoms with Gasteiger partial charge in [-0.25, -0.2) is 4.98 Å². The zero-order chi connectivity index (χ0) is 18.6. The molecule has 25 heavy (non-hydrogen) atoms. The number of ether oxygens (including phenoxy) is 1. The Balaban J connectivity index is 2.37. The van der Waals surface area contributed by atoms with Gasteiger partial charge in [0.2, 0.25) is 0 Å². The lowest BCUT2D eigenvalue weighted by molar-refractivity contribution is -0.137. The number of carbonyl (C=O) groups excluding carboxylic acids is 1. The van der Waals surface area contributed by atoms with Crippen LogP contribution in [0.5, 0.6) is 5.75 Å². The molecule has 2 aromatic rings. The summed E-state index contributed by atoms with van der Waals surface area (Å²) in [6.45, 7) is 2.16. The molecular formula is C16H13BrClF3N2O2. The van der Waals surface area contributed by atoms with Gasteiger partial charge in [0.1, 0.15) is 10.9 Å². The molecule has 134 valence electrons. The topological polar surface area (TPSA) is 51.2 Å². The van der Waals surface area contributed by atoms with Crippen LogP contribution in [0.25, 0.3) is 0 Å². The monoisotopic (exact) mass is 436 g/mol. The van der Waals surface area contributed by atoms with Crippen molar-refractivity contribution in [2.75, 3.05) is 11.9 Å². The van der Waals surface area contributed by atoms with E-state index in [0.29, 0.717) is 17.5 Å². The van der Waals surface area contributed by atoms with Crippen LogP contribution in [0.4, 0.5) is 18.9 Å². The third-order valence-electron chi connectivity index (χ3n) is 3.07. The van der Waals surface area contributed by atoms with Gasteiger partial charge in [-0.2, -0.15) is 13.2 Å². The Labute approximate surface area is 155 Å². The first-order valence-corrected chi connectivity index (χ1v) is 8.36. The summed E-state index contributed by atoms with van der Waals surface area (Å²) in [6.07, 6.45) is -2.48. The minimum absolute atomic E-state index is 0.0231. The standard InChI is InChI=1S/C16H13BrClF3N2O2/c1-2-5-25-13-4-3-9(16(19,20)21)6-12(13)23-15(24)11-7-10(17)8-22-14(11)18/h3-4,6-8H,2,5H2,1H3,(H,23,24). The zero-order valence-corrected chi connectivity index (χ0v) is 15.3. The third kappa shape index (κ3) is 5.09. The van der Waals surface area contributed by atoms with Gasteiger partial charge in [-0.3, -0.25) is 4.79 Å². The molecule has 0 aliphatic carbocycles. The van der Waals surface area contributed by atoms with Crippen LogP contribution in [0.1, 0.15) is 29.3 Å². The number of rotatable bonds is 5. The van der Waals surface area contributed by atoms with Crippen molar-refractivity contribution < 1.29 is 22.7 Å². The van der Waals surface area contributed by atoms with Crippen LogP contribution in [0.2, 0.25) is 5.15 Å². The van der Waals surface area contributed by atoms with Crippen molar-refractivity contribution in [3.05, 3.63) is 51.2 Å². The van der Waals surface area contributed by atoms with E-state index in [0.717, 1.165) is 12.1 Å². The van der Waals surface area contributed by atoms with Crippen molar-refractivity contribution in [3.63, 3.8) is 0 Å². The first-order chi connectivity index (χ1) is 11.7. The molecule has 1 aromatic heterocycles. The number of nitrogens with zero attached hydrogens (tertiary/aromatic N) is 1. The van der Waals surface area contributed by atoms with E-state index in [1.54, 1.807) is 0 Å². The molecule has 0 aliphatic rings. The van der Waals surface area contributed by atoms with E-state index in [-0.39, 0.29) is 22.2 Å². The number of alkyl halides is 3. The summed E-state index contributed by atoms with van der Waals surface area (Å²) in [5, 5.41) is 2.34. The van der Waals surface area contributed by atoms with Crippen LogP contribution in [0.3, 0.4) is 0 Å². The molecule has 1 amide bonds. The second-order valence-corrected chi connectivity index (χ2v) is 6.28. The van der Waals surface area contributed by atoms with Gasteiger partial charge in [0, 0.05) is 10.7 Å². The molecule has 4 nitrogen and oxygen atoms in total. The van der Waals surface area contributed by atoms with E-state index in [4.69, 9.17) is 16.3 Å². The van der Waals surface area contributed by atoms with Gasteiger partial charge in [-0.05, 0) is 46.6 Å². The fraction of sp³-hybridized carbons (Fsp3) is 0.250. The highest BCUT2D eigenvalue weighted by atomic mass is 79.9. The molecule has 0 radical (unpaired) electrons. The molecule has 0 bridgehead atoms. The van der Waals surface area contributed by atoms with Crippen molar-refractivity contribution in [2.24, 2.45) is 0 Å². The second-order valence-electron chi connectivity index (χ2n) is 5.00. The van der Waals surface area contributed by atoms with Gasteiger partial charge in [-0.15, -0.1) is 0 Å². The average molecular weight is 438 g/mol. The molecule has 0 unspecified atom stereocenters. The maximum Gasteiger partial charge on any atom is 0.416 e. The minimum atomic E-state index is -4.54. The SMILES string of the molecule is CCCOc1ccc(C(F)(F)F)cc1NC(=O)c1cc(Br)cnc1Cl. The summed E-state index contributed by atoms with van der Waals surface area (Å²) in [5.41, 5.74) is -0.968. The maximum absolute atomic E-state index is 12.9. The Morgan fingerprint density at radius 2 is 2.08 bits per heavy atom. The van der Waals surface area contributed by atoms with Gasteiger partial charge in [-0.1, -0.05) is 18.5 Å². The van der Waals surface area contributed by atoms with Crippen LogP contribution in [-0.4, -0.2) is 17.5 Å². The first-order valence-electron chi connectivity index (χ1n) is 7.18. The number of benzene rings is 1. The van der Waals surface area contributed by atoms with Gasteiger partial charge in [0.15, 0.2) is 0 Å². The predicted molar refractivity (Wildman–Crippen MR) is 92.1 cm³/mol. The van der Waals surface area contributed by atoms with Crippen LogP contribution >= 0.6 is 27.5 Å². The van der Waals surface area contributed by atoms with Crippen LogP contribution in [0, 0.1) is 0 Å². The number of aromatic nitrogens is 1. The normalized spacial score (nSPS) is 11.3. The Hall–Kier alpha value is -1.80. The number of hydrogen-bond donors (Lipinski definition) is 1. The van der Waals surface area contributed by atoms with E-state index < -0.39 is 17.6 Å². The molecule has 0 atom stereocenters. The summed E-state index contributed by atoms with van der Waals surface area (Å²) in [4.78, 5) is 16.2. The fourth-order valence-electron chi connectivity index (χ4n) is 1.91. The highest BCUT2D eigenvalue weighted by Crippen LogP contribution is 2.35. The largest absolute Gasteiger partial charge is 0.491 e. The lowest BCUT2D eigenvalue weighted by Gasteiger charge is -2.15. The first kappa shape index (κ1) is 19.5. The second kappa shape index (κ2) is 8.05. The lowest BCUT2D eigenvalue weighted by Crippen LogP contribution is -2.15. The Morgan fingerprint density at radius 1 is 1.36 bits per heavy atom. The fourth-order valence-corrected chi connectivity index (χ4v) is 2.43. The van der Waals surface area contributed by atoms with Crippen molar-refractivity contribution in [1.29, 1.82) is 0 Å². The summed E-state index contributed by atoms with van der Waals surface area (Å²) < 4.78 is 44.7. The van der Waals surface area contributed by atoms with Gasteiger partial charge >= 0.3 is 6.18 Å². The zero-order valence-electron chi connectivity index (χ0n) is 13.0. The van der Waals surface area contributed by atoms with Gasteiger partial charge in [0.05, 0.1) is 23.4 Å². The highest BCUT2D eigenvalue weighted by Gasteiger charge is 2.31. The van der Waals surface area contributed by atoms with Crippen LogP contribution < -0.4 is 10.1 Å². The Bertz CT molecular complexity index is 784. The summed E-state index contributed by atoms with van der Waals surface area (Å²) in [7, 11) is 0. The molecule has 1 heterocycles. The van der Waals surface area contributed by atoms with Crippen molar-refractivity contribution >= 4 is 39.1 Å². The Kier molecular flexibility index (Phi) is 6.29. The van der Waals surface area contributed by atoms with E-state index in [1.807, 2.05) is 6.92 Å². The molecule has 2 rings (SSSR count). The van der Waals surface area contributed by atoms with Crippen molar-refractivity contribution in [3.8, 4) is 5.75 Å². The summed E-state index contributed by atoms with van der Waals surface area (Å²) in [6, 6.07) is 4.32. The lowest BCUT2D eigenvalue weighted by atomic mass is 10.1. The molecule has 0 aliphatic heterocycles. The number of carbonyl (C=O) groups is 1. The minimum Gasteiger partial charge on any atom is -0.491 e. The van der Waals surface area contributed by atoms with Gasteiger partial charge in [0.25, 0.3) is 5.91 Å². The van der Waals surface area contributed by atoms with E-state index in [9.17, 15) is 18.0 Å². The third-order valence-corrected chi connectivity index (χ3v) is 3.80. The summed E-state index contributed by atoms with van der Waals surface area (Å²) in [5.74, 6) is -0.554. The molecular weight excluding hydrogens is 425 g/mol. The van der Waals surface area contributed by atoms with Crippen molar-refractivity contribution in [1.82, 2.24) is 4.98 Å². The smallest absolute Gasteiger partial charge is 0.416 e. The molecule has 0 spiro atoms. The Morgan fingerprint density at radius 3 is 2.72 bits per heavy atom. The molecule has 9 heteroatoms. The van der Waals surface area contributed by atoms with E-state index in [2.05, 4.69) is 26.2 Å². The predicted octanol–water partition coefficient (Wildman–Crippen LogP) is 5.56. The van der Waals surface area contributed by atoms with Crippen molar-refractivity contribution in [2.45, 2.75) is 19.5 Å². The van der Waals surface area contributed by atoms with Gasteiger partial charge < -0.3 is 10.1 Å². The number of pyridine rings is 1. The highest BCUT2D eigenvalue weighted by molar-refractivity contribution is 9.10. The van der Waals surface area contributed by atoms with Crippen LogP contribution in [-0.2, 0) is 6.18 Å². The maximum atomic E-state index is 12.9. The van der Waals surface area contributed by atoms with Crippen LogP contribution in [0.15, 0.2) is 34.9 Å². The number of hydrogen-bond acceptors (Lipinski definition) is 3. The molecule has 0 saturated carbocycles. The average Bonchev–Trinajstić information content (AvgIpc) is 2.54. The molecule has 0 saturated heterocycles. The number of nitrogens with one attached hydrogen (secondary N) is 1. The molecule has 1 N–H and O–H groups in total.